The first-order chi connectivity index (χ1) is 8.12. The molecule has 0 heterocycles. The highest BCUT2D eigenvalue weighted by Crippen LogP contribution is 2.32. The normalized spacial score (nSPS) is 18.6. The van der Waals surface area contributed by atoms with Gasteiger partial charge in [0.05, 0.1) is 0 Å². The number of primary amides is 1. The second-order valence-electron chi connectivity index (χ2n) is 4.83. The molecule has 17 heavy (non-hydrogen) atoms. The fourth-order valence-corrected chi connectivity index (χ4v) is 2.35. The number of carbonyl (C=O) groups is 1. The van der Waals surface area contributed by atoms with E-state index in [1.807, 2.05) is 31.2 Å². The van der Waals surface area contributed by atoms with Crippen LogP contribution in [0.15, 0.2) is 24.3 Å². The molecule has 0 radical (unpaired) electrons. The molecule has 0 aromatic heterocycles. The largest absolute Gasteiger partial charge is 0.477 e. The van der Waals surface area contributed by atoms with Gasteiger partial charge < -0.3 is 10.5 Å². The van der Waals surface area contributed by atoms with Crippen LogP contribution in [0, 0.1) is 6.92 Å². The van der Waals surface area contributed by atoms with E-state index in [1.54, 1.807) is 0 Å². The van der Waals surface area contributed by atoms with Gasteiger partial charge >= 0.3 is 0 Å². The summed E-state index contributed by atoms with van der Waals surface area (Å²) in [4.78, 5) is 11.6. The van der Waals surface area contributed by atoms with Gasteiger partial charge in [0.25, 0.3) is 5.91 Å². The van der Waals surface area contributed by atoms with Gasteiger partial charge in [-0.1, -0.05) is 24.1 Å². The maximum absolute atomic E-state index is 11.6. The van der Waals surface area contributed by atoms with Crippen LogP contribution in [0.25, 0.3) is 0 Å². The van der Waals surface area contributed by atoms with Crippen molar-refractivity contribution in [3.05, 3.63) is 29.8 Å². The second-order valence-corrected chi connectivity index (χ2v) is 4.83. The fraction of sp³-hybridized carbons (Fsp3) is 0.500. The lowest BCUT2D eigenvalue weighted by molar-refractivity contribution is -0.136. The molecule has 1 aliphatic carbocycles. The van der Waals surface area contributed by atoms with Gasteiger partial charge in [-0.05, 0) is 44.7 Å². The van der Waals surface area contributed by atoms with E-state index in [1.165, 1.54) is 5.56 Å². The van der Waals surface area contributed by atoms with Gasteiger partial charge in [0.1, 0.15) is 5.75 Å². The Kier molecular flexibility index (Phi) is 3.36. The van der Waals surface area contributed by atoms with Crippen molar-refractivity contribution in [1.82, 2.24) is 0 Å². The van der Waals surface area contributed by atoms with Crippen molar-refractivity contribution in [2.75, 3.05) is 0 Å². The summed E-state index contributed by atoms with van der Waals surface area (Å²) in [6.07, 6.45) is 4.64. The maximum atomic E-state index is 11.6. The zero-order valence-corrected chi connectivity index (χ0v) is 10.2. The van der Waals surface area contributed by atoms with Crippen molar-refractivity contribution in [2.45, 2.75) is 44.6 Å². The molecule has 1 aliphatic rings. The number of nitrogens with two attached hydrogens (primary N) is 1. The van der Waals surface area contributed by atoms with Crippen LogP contribution in [0.5, 0.6) is 5.75 Å². The zero-order chi connectivity index (χ0) is 12.3. The van der Waals surface area contributed by atoms with Crippen LogP contribution in [0.3, 0.4) is 0 Å². The van der Waals surface area contributed by atoms with Gasteiger partial charge in [-0.15, -0.1) is 0 Å². The zero-order valence-electron chi connectivity index (χ0n) is 10.2. The number of rotatable bonds is 3. The van der Waals surface area contributed by atoms with Crippen LogP contribution < -0.4 is 10.5 Å². The second kappa shape index (κ2) is 4.78. The van der Waals surface area contributed by atoms with E-state index in [2.05, 4.69) is 0 Å². The molecule has 0 spiro atoms. The molecule has 1 aromatic carbocycles. The minimum atomic E-state index is -0.784. The van der Waals surface area contributed by atoms with Crippen molar-refractivity contribution in [1.29, 1.82) is 0 Å². The summed E-state index contributed by atoms with van der Waals surface area (Å²) in [5.74, 6) is 0.397. The minimum absolute atomic E-state index is 0.335. The maximum Gasteiger partial charge on any atom is 0.261 e. The molecular formula is C14H19NO2. The first-order valence-electron chi connectivity index (χ1n) is 6.18. The smallest absolute Gasteiger partial charge is 0.261 e. The van der Waals surface area contributed by atoms with E-state index in [0.29, 0.717) is 0 Å². The summed E-state index contributed by atoms with van der Waals surface area (Å²) in [5, 5.41) is 0. The van der Waals surface area contributed by atoms with E-state index in [4.69, 9.17) is 10.5 Å². The van der Waals surface area contributed by atoms with Crippen molar-refractivity contribution in [3.8, 4) is 5.75 Å². The molecule has 0 atom stereocenters. The van der Waals surface area contributed by atoms with Gasteiger partial charge in [0, 0.05) is 0 Å². The van der Waals surface area contributed by atoms with Crippen molar-refractivity contribution in [3.63, 3.8) is 0 Å². The third-order valence-electron chi connectivity index (χ3n) is 3.44. The Labute approximate surface area is 102 Å². The molecule has 3 heteroatoms. The molecule has 1 aromatic rings. The van der Waals surface area contributed by atoms with Crippen LogP contribution in [-0.4, -0.2) is 11.5 Å². The van der Waals surface area contributed by atoms with E-state index >= 15 is 0 Å². The Morgan fingerprint density at radius 3 is 2.29 bits per heavy atom. The highest BCUT2D eigenvalue weighted by atomic mass is 16.5. The third-order valence-corrected chi connectivity index (χ3v) is 3.44. The van der Waals surface area contributed by atoms with Crippen LogP contribution >= 0.6 is 0 Å². The van der Waals surface area contributed by atoms with E-state index in [-0.39, 0.29) is 5.91 Å². The van der Waals surface area contributed by atoms with Crippen molar-refractivity contribution < 1.29 is 9.53 Å². The molecule has 0 aliphatic heterocycles. The topological polar surface area (TPSA) is 52.3 Å². The number of amides is 1. The van der Waals surface area contributed by atoms with Gasteiger partial charge in [0.15, 0.2) is 5.60 Å². The summed E-state index contributed by atoms with van der Waals surface area (Å²) in [7, 11) is 0. The predicted molar refractivity (Wildman–Crippen MR) is 66.8 cm³/mol. The molecule has 1 fully saturated rings. The molecule has 0 bridgehead atoms. The third kappa shape index (κ3) is 2.60. The van der Waals surface area contributed by atoms with Gasteiger partial charge in [-0.3, -0.25) is 4.79 Å². The number of carbonyl (C=O) groups excluding carboxylic acids is 1. The molecule has 2 N–H and O–H groups in total. The highest BCUT2D eigenvalue weighted by Gasteiger charge is 2.40. The lowest BCUT2D eigenvalue weighted by Gasteiger charge is -2.34. The molecule has 1 saturated carbocycles. The molecule has 0 unspecified atom stereocenters. The monoisotopic (exact) mass is 233 g/mol. The van der Waals surface area contributed by atoms with E-state index in [0.717, 1.165) is 37.9 Å². The Morgan fingerprint density at radius 1 is 1.18 bits per heavy atom. The standard InChI is InChI=1S/C14H19NO2/c1-11-5-7-12(8-6-11)17-14(13(15)16)9-3-2-4-10-14/h5-8H,2-4,9-10H2,1H3,(H2,15,16). The molecule has 0 saturated heterocycles. The lowest BCUT2D eigenvalue weighted by Crippen LogP contribution is -2.50. The van der Waals surface area contributed by atoms with Crippen molar-refractivity contribution in [2.24, 2.45) is 5.73 Å². The van der Waals surface area contributed by atoms with Crippen molar-refractivity contribution >= 4 is 5.91 Å². The average molecular weight is 233 g/mol. The Balaban J connectivity index is 2.17. The Bertz CT molecular complexity index is 391. The van der Waals surface area contributed by atoms with E-state index < -0.39 is 5.60 Å². The fourth-order valence-electron chi connectivity index (χ4n) is 2.35. The number of ether oxygens (including phenoxy) is 1. The summed E-state index contributed by atoms with van der Waals surface area (Å²) in [5.41, 5.74) is 5.91. The molecule has 3 nitrogen and oxygen atoms in total. The number of hydrogen-bond acceptors (Lipinski definition) is 2. The van der Waals surface area contributed by atoms with Gasteiger partial charge in [0.2, 0.25) is 0 Å². The molecule has 92 valence electrons. The summed E-state index contributed by atoms with van der Waals surface area (Å²) in [6, 6.07) is 7.75. The quantitative estimate of drug-likeness (QED) is 0.872. The predicted octanol–water partition coefficient (Wildman–Crippen LogP) is 2.56. The first kappa shape index (κ1) is 12.0. The SMILES string of the molecule is Cc1ccc(OC2(C(N)=O)CCCCC2)cc1. The summed E-state index contributed by atoms with van der Waals surface area (Å²) >= 11 is 0. The number of benzene rings is 1. The van der Waals surface area contributed by atoms with Crippen LogP contribution in [0.1, 0.15) is 37.7 Å². The van der Waals surface area contributed by atoms with Gasteiger partial charge in [-0.25, -0.2) is 0 Å². The minimum Gasteiger partial charge on any atom is -0.477 e. The highest BCUT2D eigenvalue weighted by molar-refractivity contribution is 5.84. The average Bonchev–Trinajstić information content (AvgIpc) is 2.33. The van der Waals surface area contributed by atoms with Gasteiger partial charge in [-0.2, -0.15) is 0 Å². The van der Waals surface area contributed by atoms with Crippen LogP contribution in [0.2, 0.25) is 0 Å². The molecular weight excluding hydrogens is 214 g/mol. The number of hydrogen-bond donors (Lipinski definition) is 1. The van der Waals surface area contributed by atoms with E-state index in [9.17, 15) is 4.79 Å². The molecule has 1 amide bonds. The lowest BCUT2D eigenvalue weighted by atomic mass is 9.84. The summed E-state index contributed by atoms with van der Waals surface area (Å²) < 4.78 is 5.88. The number of aryl methyl sites for hydroxylation is 1. The summed E-state index contributed by atoms with van der Waals surface area (Å²) in [6.45, 7) is 2.02. The Morgan fingerprint density at radius 2 is 1.76 bits per heavy atom. The van der Waals surface area contributed by atoms with Crippen LogP contribution in [0.4, 0.5) is 0 Å². The molecule has 2 rings (SSSR count). The Hall–Kier alpha value is -1.51. The van der Waals surface area contributed by atoms with Crippen LogP contribution in [-0.2, 0) is 4.79 Å². The first-order valence-corrected chi connectivity index (χ1v) is 6.18.